The minimum absolute atomic E-state index is 0.236. The van der Waals surface area contributed by atoms with Gasteiger partial charge in [-0.05, 0) is 29.8 Å². The number of methoxy groups -OCH3 is 1. The molecular weight excluding hydrogens is 290 g/mol. The Balaban J connectivity index is 2.07. The smallest absolute Gasteiger partial charge is 0.323 e. The minimum atomic E-state index is -0.375. The average Bonchev–Trinajstić information content (AvgIpc) is 2.85. The van der Waals surface area contributed by atoms with Gasteiger partial charge in [-0.25, -0.2) is 4.79 Å². The molecule has 1 heterocycles. The first kappa shape index (κ1) is 13.7. The van der Waals surface area contributed by atoms with E-state index in [1.807, 2.05) is 24.3 Å². The third kappa shape index (κ3) is 2.53. The molecule has 0 spiro atoms. The van der Waals surface area contributed by atoms with Gasteiger partial charge >= 0.3 is 5.69 Å². The number of aromatic nitrogens is 2. The van der Waals surface area contributed by atoms with Gasteiger partial charge < -0.3 is 20.4 Å². The van der Waals surface area contributed by atoms with Crippen LogP contribution < -0.4 is 16.2 Å². The monoisotopic (exact) mass is 303 g/mol. The molecule has 5 nitrogen and oxygen atoms in total. The predicted octanol–water partition coefficient (Wildman–Crippen LogP) is 2.57. The van der Waals surface area contributed by atoms with Gasteiger partial charge in [-0.2, -0.15) is 0 Å². The van der Waals surface area contributed by atoms with Crippen molar-refractivity contribution in [2.24, 2.45) is 5.73 Å². The summed E-state index contributed by atoms with van der Waals surface area (Å²) in [5, 5.41) is 0.591. The third-order valence-corrected chi connectivity index (χ3v) is 3.66. The lowest BCUT2D eigenvalue weighted by Gasteiger charge is -2.16. The standard InChI is InChI=1S/C15H14ClN3O2/c1-21-13-7-9(16)3-4-10(13)14(17)8-2-5-11-12(6-8)19-15(20)18-11/h2-7,14H,17H2,1H3,(H2,18,19,20). The van der Waals surface area contributed by atoms with Gasteiger partial charge in [0.25, 0.3) is 0 Å². The SMILES string of the molecule is COc1cc(Cl)ccc1C(N)c1ccc2[nH]c(=O)[nH]c2c1. The van der Waals surface area contributed by atoms with Gasteiger partial charge in [0.15, 0.2) is 0 Å². The summed E-state index contributed by atoms with van der Waals surface area (Å²) in [7, 11) is 1.58. The van der Waals surface area contributed by atoms with Crippen molar-refractivity contribution in [3.63, 3.8) is 0 Å². The van der Waals surface area contributed by atoms with Crippen LogP contribution in [0.25, 0.3) is 11.0 Å². The van der Waals surface area contributed by atoms with Gasteiger partial charge in [-0.1, -0.05) is 23.7 Å². The number of nitrogens with one attached hydrogen (secondary N) is 2. The maximum atomic E-state index is 11.3. The molecule has 3 rings (SSSR count). The van der Waals surface area contributed by atoms with Gasteiger partial charge in [-0.15, -0.1) is 0 Å². The first-order chi connectivity index (χ1) is 10.1. The molecule has 0 amide bonds. The quantitative estimate of drug-likeness (QED) is 0.695. The number of halogens is 1. The highest BCUT2D eigenvalue weighted by atomic mass is 35.5. The molecule has 0 fully saturated rings. The number of ether oxygens (including phenoxy) is 1. The second kappa shape index (κ2) is 5.27. The molecule has 0 saturated carbocycles. The van der Waals surface area contributed by atoms with Crippen molar-refractivity contribution >= 4 is 22.6 Å². The molecule has 21 heavy (non-hydrogen) atoms. The fraction of sp³-hybridized carbons (Fsp3) is 0.133. The van der Waals surface area contributed by atoms with Crippen molar-refractivity contribution in [2.75, 3.05) is 7.11 Å². The summed E-state index contributed by atoms with van der Waals surface area (Å²) >= 11 is 5.96. The Kier molecular flexibility index (Phi) is 3.45. The topological polar surface area (TPSA) is 83.9 Å². The summed E-state index contributed by atoms with van der Waals surface area (Å²) < 4.78 is 5.33. The lowest BCUT2D eigenvalue weighted by molar-refractivity contribution is 0.408. The van der Waals surface area contributed by atoms with Crippen molar-refractivity contribution in [1.82, 2.24) is 9.97 Å². The molecule has 1 unspecified atom stereocenters. The van der Waals surface area contributed by atoms with E-state index in [1.54, 1.807) is 19.2 Å². The van der Waals surface area contributed by atoms with Crippen LogP contribution in [0.4, 0.5) is 0 Å². The third-order valence-electron chi connectivity index (χ3n) is 3.43. The Morgan fingerprint density at radius 1 is 1.14 bits per heavy atom. The van der Waals surface area contributed by atoms with Crippen LogP contribution in [0.2, 0.25) is 5.02 Å². The molecule has 1 aromatic heterocycles. The molecule has 0 radical (unpaired) electrons. The number of benzene rings is 2. The van der Waals surface area contributed by atoms with Gasteiger partial charge in [0.2, 0.25) is 0 Å². The lowest BCUT2D eigenvalue weighted by atomic mass is 9.98. The van der Waals surface area contributed by atoms with E-state index in [4.69, 9.17) is 22.1 Å². The highest BCUT2D eigenvalue weighted by Gasteiger charge is 2.15. The minimum Gasteiger partial charge on any atom is -0.496 e. The Labute approximate surface area is 125 Å². The zero-order valence-corrected chi connectivity index (χ0v) is 12.1. The molecule has 2 aromatic carbocycles. The van der Waals surface area contributed by atoms with Crippen LogP contribution in [0.15, 0.2) is 41.2 Å². The molecule has 6 heteroatoms. The highest BCUT2D eigenvalue weighted by molar-refractivity contribution is 6.30. The van der Waals surface area contributed by atoms with Crippen LogP contribution in [-0.4, -0.2) is 17.1 Å². The fourth-order valence-electron chi connectivity index (χ4n) is 2.37. The second-order valence-corrected chi connectivity index (χ2v) is 5.18. The first-order valence-electron chi connectivity index (χ1n) is 6.39. The number of fused-ring (bicyclic) bond motifs is 1. The van der Waals surface area contributed by atoms with Gasteiger partial charge in [-0.3, -0.25) is 0 Å². The number of nitrogens with two attached hydrogens (primary N) is 1. The van der Waals surface area contributed by atoms with E-state index >= 15 is 0 Å². The molecule has 0 bridgehead atoms. The van der Waals surface area contributed by atoms with E-state index in [2.05, 4.69) is 9.97 Å². The Hall–Kier alpha value is -2.24. The molecule has 0 aliphatic rings. The van der Waals surface area contributed by atoms with Crippen LogP contribution in [-0.2, 0) is 0 Å². The van der Waals surface area contributed by atoms with Crippen molar-refractivity contribution in [2.45, 2.75) is 6.04 Å². The summed E-state index contributed by atoms with van der Waals surface area (Å²) in [6, 6.07) is 10.5. The van der Waals surface area contributed by atoms with E-state index in [-0.39, 0.29) is 11.7 Å². The second-order valence-electron chi connectivity index (χ2n) is 4.75. The Bertz CT molecular complexity index is 853. The van der Waals surface area contributed by atoms with E-state index in [9.17, 15) is 4.79 Å². The fourth-order valence-corrected chi connectivity index (χ4v) is 2.53. The van der Waals surface area contributed by atoms with Crippen LogP contribution in [0.5, 0.6) is 5.75 Å². The number of rotatable bonds is 3. The summed E-state index contributed by atoms with van der Waals surface area (Å²) in [4.78, 5) is 16.7. The summed E-state index contributed by atoms with van der Waals surface area (Å²) in [6.45, 7) is 0. The maximum absolute atomic E-state index is 11.3. The predicted molar refractivity (Wildman–Crippen MR) is 83.0 cm³/mol. The highest BCUT2D eigenvalue weighted by Crippen LogP contribution is 2.31. The molecule has 0 aliphatic carbocycles. The normalized spacial score (nSPS) is 12.5. The number of aromatic amines is 2. The summed E-state index contributed by atoms with van der Waals surface area (Å²) in [6.07, 6.45) is 0. The number of hydrogen-bond acceptors (Lipinski definition) is 3. The van der Waals surface area contributed by atoms with Crippen LogP contribution in [0, 0.1) is 0 Å². The largest absolute Gasteiger partial charge is 0.496 e. The molecule has 4 N–H and O–H groups in total. The first-order valence-corrected chi connectivity index (χ1v) is 6.77. The number of H-pyrrole nitrogens is 2. The number of imidazole rings is 1. The van der Waals surface area contributed by atoms with Gasteiger partial charge in [0.1, 0.15) is 5.75 Å². The molecule has 108 valence electrons. The zero-order valence-electron chi connectivity index (χ0n) is 11.3. The van der Waals surface area contributed by atoms with Crippen LogP contribution >= 0.6 is 11.6 Å². The molecule has 1 atom stereocenters. The van der Waals surface area contributed by atoms with E-state index < -0.39 is 0 Å². The lowest BCUT2D eigenvalue weighted by Crippen LogP contribution is -2.13. The van der Waals surface area contributed by atoms with E-state index in [0.717, 1.165) is 22.2 Å². The van der Waals surface area contributed by atoms with E-state index in [0.29, 0.717) is 10.8 Å². The van der Waals surface area contributed by atoms with Crippen molar-refractivity contribution in [1.29, 1.82) is 0 Å². The van der Waals surface area contributed by atoms with Crippen LogP contribution in [0.1, 0.15) is 17.2 Å². The van der Waals surface area contributed by atoms with E-state index in [1.165, 1.54) is 0 Å². The van der Waals surface area contributed by atoms with Crippen molar-refractivity contribution in [3.8, 4) is 5.75 Å². The Morgan fingerprint density at radius 3 is 2.67 bits per heavy atom. The van der Waals surface area contributed by atoms with Crippen molar-refractivity contribution in [3.05, 3.63) is 63.0 Å². The molecule has 3 aromatic rings. The maximum Gasteiger partial charge on any atom is 0.323 e. The number of hydrogen-bond donors (Lipinski definition) is 3. The van der Waals surface area contributed by atoms with Crippen molar-refractivity contribution < 1.29 is 4.74 Å². The summed E-state index contributed by atoms with van der Waals surface area (Å²) in [5.41, 5.74) is 9.26. The summed E-state index contributed by atoms with van der Waals surface area (Å²) in [5.74, 6) is 0.637. The molecule has 0 saturated heterocycles. The van der Waals surface area contributed by atoms with Crippen LogP contribution in [0.3, 0.4) is 0 Å². The molecule has 0 aliphatic heterocycles. The van der Waals surface area contributed by atoms with Gasteiger partial charge in [0, 0.05) is 10.6 Å². The molecular formula is C15H14ClN3O2. The zero-order chi connectivity index (χ0) is 15.0. The van der Waals surface area contributed by atoms with Gasteiger partial charge in [0.05, 0.1) is 24.2 Å². The average molecular weight is 304 g/mol. The Morgan fingerprint density at radius 2 is 1.90 bits per heavy atom.